The van der Waals surface area contributed by atoms with Crippen molar-refractivity contribution in [2.75, 3.05) is 13.1 Å². The minimum Gasteiger partial charge on any atom is -0.317 e. The van der Waals surface area contributed by atoms with Gasteiger partial charge in [-0.25, -0.2) is 0 Å². The lowest BCUT2D eigenvalue weighted by Crippen LogP contribution is -2.26. The molecule has 1 fully saturated rings. The minimum absolute atomic E-state index is 0.629. The summed E-state index contributed by atoms with van der Waals surface area (Å²) >= 11 is 0. The van der Waals surface area contributed by atoms with Crippen LogP contribution in [0.3, 0.4) is 0 Å². The monoisotopic (exact) mass is 287 g/mol. The molecule has 0 heterocycles. The van der Waals surface area contributed by atoms with Crippen LogP contribution in [0.4, 0.5) is 0 Å². The van der Waals surface area contributed by atoms with Gasteiger partial charge in [0.25, 0.3) is 0 Å². The zero-order chi connectivity index (χ0) is 15.0. The third kappa shape index (κ3) is 5.14. The number of hydrogen-bond acceptors (Lipinski definition) is 1. The van der Waals surface area contributed by atoms with Crippen LogP contribution in [0.1, 0.15) is 69.9 Å². The van der Waals surface area contributed by atoms with E-state index in [1.165, 1.54) is 75.6 Å². The first-order valence-electron chi connectivity index (χ1n) is 9.06. The van der Waals surface area contributed by atoms with Crippen LogP contribution in [-0.2, 0) is 12.8 Å². The minimum atomic E-state index is 0.629. The average Bonchev–Trinajstić information content (AvgIpc) is 2.99. The molecule has 1 N–H and O–H groups in total. The maximum atomic E-state index is 3.60. The van der Waals surface area contributed by atoms with Crippen LogP contribution in [0.5, 0.6) is 0 Å². The molecule has 1 aliphatic carbocycles. The summed E-state index contributed by atoms with van der Waals surface area (Å²) in [5, 5.41) is 3.60. The van der Waals surface area contributed by atoms with Crippen LogP contribution >= 0.6 is 0 Å². The van der Waals surface area contributed by atoms with Gasteiger partial charge in [0.15, 0.2) is 0 Å². The molecule has 118 valence electrons. The van der Waals surface area contributed by atoms with Crippen molar-refractivity contribution in [3.05, 3.63) is 35.4 Å². The molecule has 1 saturated carbocycles. The smallest absolute Gasteiger partial charge is 0.00436 e. The van der Waals surface area contributed by atoms with Crippen LogP contribution in [0.15, 0.2) is 24.3 Å². The summed E-state index contributed by atoms with van der Waals surface area (Å²) in [6, 6.07) is 9.30. The molecule has 1 heteroatoms. The number of aryl methyl sites for hydroxylation is 2. The predicted octanol–water partition coefficient (Wildman–Crippen LogP) is 5.13. The summed E-state index contributed by atoms with van der Waals surface area (Å²) in [5.74, 6) is 0. The van der Waals surface area contributed by atoms with Gasteiger partial charge in [-0.2, -0.15) is 0 Å². The van der Waals surface area contributed by atoms with E-state index in [1.54, 1.807) is 0 Å². The standard InChI is InChI=1S/C20H33N/c1-3-16-21-17-15-20(12-5-6-13-20)14-11-19-9-7-18(4-2)8-10-19/h7-10,21H,3-6,11-17H2,1-2H3. The molecule has 0 atom stereocenters. The SMILES string of the molecule is CCCNCCC1(CCc2ccc(CC)cc2)CCCC1. The van der Waals surface area contributed by atoms with Gasteiger partial charge in [-0.05, 0) is 74.6 Å². The van der Waals surface area contributed by atoms with Gasteiger partial charge in [-0.3, -0.25) is 0 Å². The first kappa shape index (κ1) is 16.5. The zero-order valence-electron chi connectivity index (χ0n) is 14.1. The Hall–Kier alpha value is -0.820. The molecule has 0 aliphatic heterocycles. The third-order valence-electron chi connectivity index (χ3n) is 5.30. The van der Waals surface area contributed by atoms with Crippen LogP contribution in [0, 0.1) is 5.41 Å². The molecule has 1 aromatic carbocycles. The lowest BCUT2D eigenvalue weighted by molar-refractivity contribution is 0.245. The molecule has 1 nitrogen and oxygen atoms in total. The lowest BCUT2D eigenvalue weighted by atomic mass is 9.77. The molecule has 0 aromatic heterocycles. The van der Waals surface area contributed by atoms with Crippen molar-refractivity contribution in [2.24, 2.45) is 5.41 Å². The molecule has 0 bridgehead atoms. The van der Waals surface area contributed by atoms with Gasteiger partial charge in [-0.15, -0.1) is 0 Å². The fraction of sp³-hybridized carbons (Fsp3) is 0.700. The Labute approximate surface area is 131 Å². The molecule has 0 amide bonds. The molecular formula is C20H33N. The Balaban J connectivity index is 1.83. The Kier molecular flexibility index (Phi) is 6.76. The third-order valence-corrected chi connectivity index (χ3v) is 5.30. The van der Waals surface area contributed by atoms with Gasteiger partial charge in [0.2, 0.25) is 0 Å². The van der Waals surface area contributed by atoms with Crippen molar-refractivity contribution in [1.29, 1.82) is 0 Å². The van der Waals surface area contributed by atoms with E-state index >= 15 is 0 Å². The highest BCUT2D eigenvalue weighted by Crippen LogP contribution is 2.44. The summed E-state index contributed by atoms with van der Waals surface area (Å²) in [6.07, 6.45) is 12.2. The van der Waals surface area contributed by atoms with E-state index < -0.39 is 0 Å². The van der Waals surface area contributed by atoms with Gasteiger partial charge < -0.3 is 5.32 Å². The second-order valence-electron chi connectivity index (χ2n) is 6.88. The van der Waals surface area contributed by atoms with Crippen molar-refractivity contribution in [1.82, 2.24) is 5.32 Å². The summed E-state index contributed by atoms with van der Waals surface area (Å²) < 4.78 is 0. The van der Waals surface area contributed by atoms with Gasteiger partial charge in [0, 0.05) is 0 Å². The first-order valence-corrected chi connectivity index (χ1v) is 9.06. The summed E-state index contributed by atoms with van der Waals surface area (Å²) in [4.78, 5) is 0. The van der Waals surface area contributed by atoms with Gasteiger partial charge in [-0.1, -0.05) is 51.0 Å². The van der Waals surface area contributed by atoms with Gasteiger partial charge in [0.05, 0.1) is 0 Å². The van der Waals surface area contributed by atoms with Gasteiger partial charge in [0.1, 0.15) is 0 Å². The van der Waals surface area contributed by atoms with Crippen LogP contribution in [0.25, 0.3) is 0 Å². The Morgan fingerprint density at radius 2 is 1.57 bits per heavy atom. The summed E-state index contributed by atoms with van der Waals surface area (Å²) in [7, 11) is 0. The Morgan fingerprint density at radius 3 is 2.19 bits per heavy atom. The normalized spacial score (nSPS) is 17.2. The Bertz CT molecular complexity index is 387. The molecule has 1 aromatic rings. The van der Waals surface area contributed by atoms with E-state index in [2.05, 4.69) is 43.4 Å². The summed E-state index contributed by atoms with van der Waals surface area (Å²) in [6.45, 7) is 6.86. The topological polar surface area (TPSA) is 12.0 Å². The second kappa shape index (κ2) is 8.58. The van der Waals surface area contributed by atoms with Crippen molar-refractivity contribution >= 4 is 0 Å². The molecule has 1 aliphatic rings. The maximum Gasteiger partial charge on any atom is -0.00436 e. The lowest BCUT2D eigenvalue weighted by Gasteiger charge is -2.29. The molecule has 2 rings (SSSR count). The van der Waals surface area contributed by atoms with Crippen LogP contribution in [0.2, 0.25) is 0 Å². The highest BCUT2D eigenvalue weighted by atomic mass is 14.8. The Morgan fingerprint density at radius 1 is 0.905 bits per heavy atom. The molecular weight excluding hydrogens is 254 g/mol. The fourth-order valence-corrected chi connectivity index (χ4v) is 3.76. The fourth-order valence-electron chi connectivity index (χ4n) is 3.76. The molecule has 0 spiro atoms. The quantitative estimate of drug-likeness (QED) is 0.621. The molecule has 21 heavy (non-hydrogen) atoms. The number of benzene rings is 1. The van der Waals surface area contributed by atoms with Gasteiger partial charge >= 0.3 is 0 Å². The maximum absolute atomic E-state index is 3.60. The summed E-state index contributed by atoms with van der Waals surface area (Å²) in [5.41, 5.74) is 3.61. The second-order valence-corrected chi connectivity index (χ2v) is 6.88. The zero-order valence-corrected chi connectivity index (χ0v) is 14.1. The number of rotatable bonds is 9. The number of hydrogen-bond donors (Lipinski definition) is 1. The van der Waals surface area contributed by atoms with E-state index in [0.717, 1.165) is 6.42 Å². The highest BCUT2D eigenvalue weighted by Gasteiger charge is 2.32. The van der Waals surface area contributed by atoms with Crippen LogP contribution in [-0.4, -0.2) is 13.1 Å². The van der Waals surface area contributed by atoms with E-state index in [9.17, 15) is 0 Å². The number of nitrogens with one attached hydrogen (secondary N) is 1. The van der Waals surface area contributed by atoms with Crippen molar-refractivity contribution < 1.29 is 0 Å². The highest BCUT2D eigenvalue weighted by molar-refractivity contribution is 5.22. The predicted molar refractivity (Wildman–Crippen MR) is 92.8 cm³/mol. The molecule has 0 saturated heterocycles. The van der Waals surface area contributed by atoms with E-state index in [1.807, 2.05) is 0 Å². The van der Waals surface area contributed by atoms with E-state index in [-0.39, 0.29) is 0 Å². The molecule has 0 unspecified atom stereocenters. The average molecular weight is 287 g/mol. The molecule has 0 radical (unpaired) electrons. The van der Waals surface area contributed by atoms with Crippen LogP contribution < -0.4 is 5.32 Å². The van der Waals surface area contributed by atoms with Crippen molar-refractivity contribution in [2.45, 2.75) is 71.6 Å². The van der Waals surface area contributed by atoms with Crippen molar-refractivity contribution in [3.63, 3.8) is 0 Å². The largest absolute Gasteiger partial charge is 0.317 e. The van der Waals surface area contributed by atoms with Crippen molar-refractivity contribution in [3.8, 4) is 0 Å². The van der Waals surface area contributed by atoms with E-state index in [4.69, 9.17) is 0 Å². The first-order chi connectivity index (χ1) is 10.3. The van der Waals surface area contributed by atoms with E-state index in [0.29, 0.717) is 5.41 Å².